The van der Waals surface area contributed by atoms with Crippen LogP contribution in [0.3, 0.4) is 0 Å². The molecule has 0 saturated carbocycles. The Balaban J connectivity index is 2.17. The fraction of sp³-hybridized carbons (Fsp3) is 0.263. The van der Waals surface area contributed by atoms with Crippen molar-refractivity contribution in [3.05, 3.63) is 48.0 Å². The number of aryl methyl sites for hydroxylation is 1. The van der Waals surface area contributed by atoms with Gasteiger partial charge in [0.1, 0.15) is 0 Å². The lowest BCUT2D eigenvalue weighted by molar-refractivity contribution is -0.134. The molecule has 0 aliphatic heterocycles. The largest absolute Gasteiger partial charge is 0.493 e. The minimum atomic E-state index is -0.712. The number of carbonyl (C=O) groups is 2. The highest BCUT2D eigenvalue weighted by molar-refractivity contribution is 6.44. The number of anilines is 2. The summed E-state index contributed by atoms with van der Waals surface area (Å²) in [5, 5.41) is 2.60. The molecule has 2 aromatic carbocycles. The van der Waals surface area contributed by atoms with E-state index in [1.54, 1.807) is 24.3 Å². The van der Waals surface area contributed by atoms with Gasteiger partial charge >= 0.3 is 11.8 Å². The Bertz CT molecular complexity index is 774. The van der Waals surface area contributed by atoms with E-state index in [0.29, 0.717) is 29.4 Å². The molecule has 2 aromatic rings. The smallest absolute Gasteiger partial charge is 0.316 e. The summed E-state index contributed by atoms with van der Waals surface area (Å²) in [6, 6.07) is 12.4. The lowest BCUT2D eigenvalue weighted by Gasteiger charge is -2.21. The molecule has 0 fully saturated rings. The van der Waals surface area contributed by atoms with Gasteiger partial charge in [0.15, 0.2) is 11.5 Å². The van der Waals surface area contributed by atoms with E-state index < -0.39 is 11.8 Å². The van der Waals surface area contributed by atoms with Gasteiger partial charge in [-0.05, 0) is 43.7 Å². The highest BCUT2D eigenvalue weighted by Gasteiger charge is 2.22. The van der Waals surface area contributed by atoms with Crippen LogP contribution in [-0.2, 0) is 9.59 Å². The van der Waals surface area contributed by atoms with Gasteiger partial charge in [-0.3, -0.25) is 9.59 Å². The van der Waals surface area contributed by atoms with Gasteiger partial charge in [-0.25, -0.2) is 0 Å². The van der Waals surface area contributed by atoms with Crippen LogP contribution in [0.5, 0.6) is 11.5 Å². The fourth-order valence-corrected chi connectivity index (χ4v) is 2.46. The van der Waals surface area contributed by atoms with Gasteiger partial charge < -0.3 is 19.7 Å². The molecule has 0 saturated heterocycles. The zero-order valence-electron chi connectivity index (χ0n) is 14.8. The Morgan fingerprint density at radius 1 is 1.04 bits per heavy atom. The number of carbonyl (C=O) groups excluding carboxylic acids is 2. The lowest BCUT2D eigenvalue weighted by Crippen LogP contribution is -2.39. The third-order valence-electron chi connectivity index (χ3n) is 3.71. The quantitative estimate of drug-likeness (QED) is 0.848. The molecular weight excluding hydrogens is 320 g/mol. The standard InChI is InChI=1S/C19H22N2O4/c1-5-21(15-8-6-7-13(2)11-15)19(23)18(22)20-14-9-10-16(24-3)17(12-14)25-4/h6-12H,5H2,1-4H3,(H,20,22). The van der Waals surface area contributed by atoms with E-state index in [9.17, 15) is 9.59 Å². The number of methoxy groups -OCH3 is 2. The number of nitrogens with one attached hydrogen (secondary N) is 1. The molecule has 6 heteroatoms. The fourth-order valence-electron chi connectivity index (χ4n) is 2.46. The molecule has 132 valence electrons. The topological polar surface area (TPSA) is 67.9 Å². The number of nitrogens with zero attached hydrogens (tertiary/aromatic N) is 1. The average Bonchev–Trinajstić information content (AvgIpc) is 2.62. The number of ether oxygens (including phenoxy) is 2. The average molecular weight is 342 g/mol. The Kier molecular flexibility index (Phi) is 6.00. The van der Waals surface area contributed by atoms with Crippen LogP contribution in [0.1, 0.15) is 12.5 Å². The molecule has 0 radical (unpaired) electrons. The summed E-state index contributed by atoms with van der Waals surface area (Å²) in [4.78, 5) is 26.3. The van der Waals surface area contributed by atoms with E-state index in [2.05, 4.69) is 5.32 Å². The van der Waals surface area contributed by atoms with Crippen molar-refractivity contribution in [3.63, 3.8) is 0 Å². The van der Waals surface area contributed by atoms with Gasteiger partial charge in [-0.2, -0.15) is 0 Å². The molecule has 0 aliphatic carbocycles. The van der Waals surface area contributed by atoms with Gasteiger partial charge in [-0.1, -0.05) is 12.1 Å². The maximum atomic E-state index is 12.5. The molecule has 0 heterocycles. The van der Waals surface area contributed by atoms with Gasteiger partial charge in [0.2, 0.25) is 0 Å². The maximum absolute atomic E-state index is 12.5. The summed E-state index contributed by atoms with van der Waals surface area (Å²) in [5.41, 5.74) is 2.16. The molecule has 2 amide bonds. The molecular formula is C19H22N2O4. The molecule has 0 aromatic heterocycles. The van der Waals surface area contributed by atoms with E-state index in [4.69, 9.17) is 9.47 Å². The van der Waals surface area contributed by atoms with Crippen molar-refractivity contribution in [2.45, 2.75) is 13.8 Å². The number of likely N-dealkylation sites (N-methyl/N-ethyl adjacent to an activating group) is 1. The van der Waals surface area contributed by atoms with E-state index in [1.807, 2.05) is 32.0 Å². The van der Waals surface area contributed by atoms with Crippen LogP contribution < -0.4 is 19.7 Å². The SMILES string of the molecule is CCN(C(=O)C(=O)Nc1ccc(OC)c(OC)c1)c1cccc(C)c1. The highest BCUT2D eigenvalue weighted by atomic mass is 16.5. The van der Waals surface area contributed by atoms with Crippen LogP contribution in [0.4, 0.5) is 11.4 Å². The Morgan fingerprint density at radius 3 is 2.36 bits per heavy atom. The first-order valence-electron chi connectivity index (χ1n) is 7.91. The third-order valence-corrected chi connectivity index (χ3v) is 3.71. The van der Waals surface area contributed by atoms with Crippen molar-refractivity contribution in [3.8, 4) is 11.5 Å². The minimum Gasteiger partial charge on any atom is -0.493 e. The molecule has 1 N–H and O–H groups in total. The summed E-state index contributed by atoms with van der Waals surface area (Å²) >= 11 is 0. The molecule has 0 bridgehead atoms. The van der Waals surface area contributed by atoms with Crippen molar-refractivity contribution in [1.29, 1.82) is 0 Å². The third kappa shape index (κ3) is 4.29. The first-order valence-corrected chi connectivity index (χ1v) is 7.91. The molecule has 0 spiro atoms. The van der Waals surface area contributed by atoms with Gasteiger partial charge in [0, 0.05) is 24.0 Å². The Hall–Kier alpha value is -3.02. The van der Waals surface area contributed by atoms with E-state index in [0.717, 1.165) is 5.56 Å². The van der Waals surface area contributed by atoms with Crippen LogP contribution in [0, 0.1) is 6.92 Å². The minimum absolute atomic E-state index is 0.391. The van der Waals surface area contributed by atoms with Crippen LogP contribution >= 0.6 is 0 Å². The number of benzene rings is 2. The number of hydrogen-bond donors (Lipinski definition) is 1. The zero-order valence-corrected chi connectivity index (χ0v) is 14.8. The van der Waals surface area contributed by atoms with Crippen LogP contribution in [-0.4, -0.2) is 32.6 Å². The summed E-state index contributed by atoms with van der Waals surface area (Å²) in [6.07, 6.45) is 0. The number of hydrogen-bond acceptors (Lipinski definition) is 4. The highest BCUT2D eigenvalue weighted by Crippen LogP contribution is 2.29. The second kappa shape index (κ2) is 8.19. The summed E-state index contributed by atoms with van der Waals surface area (Å²) < 4.78 is 10.4. The first-order chi connectivity index (χ1) is 12.0. The van der Waals surface area contributed by atoms with E-state index in [-0.39, 0.29) is 0 Å². The second-order valence-electron chi connectivity index (χ2n) is 5.41. The molecule has 6 nitrogen and oxygen atoms in total. The monoisotopic (exact) mass is 342 g/mol. The summed E-state index contributed by atoms with van der Waals surface area (Å²) in [6.45, 7) is 4.15. The van der Waals surface area contributed by atoms with Gasteiger partial charge in [0.25, 0.3) is 0 Å². The molecule has 0 unspecified atom stereocenters. The Morgan fingerprint density at radius 2 is 1.76 bits per heavy atom. The van der Waals surface area contributed by atoms with Crippen molar-refractivity contribution >= 4 is 23.2 Å². The van der Waals surface area contributed by atoms with Crippen LogP contribution in [0.25, 0.3) is 0 Å². The van der Waals surface area contributed by atoms with Crippen LogP contribution in [0.2, 0.25) is 0 Å². The van der Waals surface area contributed by atoms with Crippen molar-refractivity contribution in [2.75, 3.05) is 31.0 Å². The van der Waals surface area contributed by atoms with E-state index in [1.165, 1.54) is 19.1 Å². The van der Waals surface area contributed by atoms with Gasteiger partial charge in [0.05, 0.1) is 14.2 Å². The van der Waals surface area contributed by atoms with Crippen molar-refractivity contribution in [1.82, 2.24) is 0 Å². The van der Waals surface area contributed by atoms with Crippen LogP contribution in [0.15, 0.2) is 42.5 Å². The van der Waals surface area contributed by atoms with Crippen molar-refractivity contribution < 1.29 is 19.1 Å². The zero-order chi connectivity index (χ0) is 18.4. The molecule has 0 atom stereocenters. The second-order valence-corrected chi connectivity index (χ2v) is 5.41. The number of rotatable bonds is 5. The first kappa shape index (κ1) is 18.3. The summed E-state index contributed by atoms with van der Waals surface area (Å²) in [5.74, 6) is -0.320. The lowest BCUT2D eigenvalue weighted by atomic mass is 10.2. The maximum Gasteiger partial charge on any atom is 0.316 e. The molecule has 0 aliphatic rings. The van der Waals surface area contributed by atoms with Crippen molar-refractivity contribution in [2.24, 2.45) is 0 Å². The molecule has 25 heavy (non-hydrogen) atoms. The normalized spacial score (nSPS) is 10.1. The van der Waals surface area contributed by atoms with Gasteiger partial charge in [-0.15, -0.1) is 0 Å². The molecule has 2 rings (SSSR count). The predicted molar refractivity (Wildman–Crippen MR) is 97.4 cm³/mol. The number of amides is 2. The van der Waals surface area contributed by atoms with E-state index >= 15 is 0 Å². The Labute approximate surface area is 147 Å². The summed E-state index contributed by atoms with van der Waals surface area (Å²) in [7, 11) is 3.03. The predicted octanol–water partition coefficient (Wildman–Crippen LogP) is 3.00.